The van der Waals surface area contributed by atoms with Gasteiger partial charge in [0.1, 0.15) is 0 Å². The third kappa shape index (κ3) is 4.06. The van der Waals surface area contributed by atoms with Gasteiger partial charge in [0.05, 0.1) is 16.7 Å². The first kappa shape index (κ1) is 19.2. The minimum Gasteiger partial charge on any atom is -0.325 e. The summed E-state index contributed by atoms with van der Waals surface area (Å²) in [7, 11) is 0. The van der Waals surface area contributed by atoms with Crippen molar-refractivity contribution in [3.8, 4) is 0 Å². The van der Waals surface area contributed by atoms with Gasteiger partial charge in [-0.25, -0.2) is 4.98 Å². The SMILES string of the molecule is CCn1c(SCC(=O)Nc2c(C)cc(C)cc2C)nc2ccccc2c1=O. The molecule has 0 aliphatic heterocycles. The lowest BCUT2D eigenvalue weighted by molar-refractivity contribution is -0.113. The normalized spacial score (nSPS) is 11.0. The Labute approximate surface area is 162 Å². The summed E-state index contributed by atoms with van der Waals surface area (Å²) >= 11 is 1.28. The van der Waals surface area contributed by atoms with E-state index in [0.717, 1.165) is 16.8 Å². The molecule has 1 N–H and O–H groups in total. The van der Waals surface area contributed by atoms with Crippen LogP contribution in [-0.4, -0.2) is 21.2 Å². The van der Waals surface area contributed by atoms with Gasteiger partial charge < -0.3 is 5.32 Å². The zero-order valence-corrected chi connectivity index (χ0v) is 16.8. The molecule has 1 amide bonds. The van der Waals surface area contributed by atoms with Crippen LogP contribution >= 0.6 is 11.8 Å². The highest BCUT2D eigenvalue weighted by Crippen LogP contribution is 2.23. The standard InChI is InChI=1S/C21H23N3O2S/c1-5-24-20(26)16-8-6-7-9-17(16)22-21(24)27-12-18(25)23-19-14(3)10-13(2)11-15(19)4/h6-11H,5,12H2,1-4H3,(H,23,25). The van der Waals surface area contributed by atoms with Crippen molar-refractivity contribution in [2.45, 2.75) is 39.4 Å². The van der Waals surface area contributed by atoms with Crippen molar-refractivity contribution in [3.05, 3.63) is 63.4 Å². The molecule has 3 rings (SSSR count). The largest absolute Gasteiger partial charge is 0.325 e. The molecule has 0 radical (unpaired) electrons. The van der Waals surface area contributed by atoms with Crippen LogP contribution < -0.4 is 10.9 Å². The predicted octanol–water partition coefficient (Wildman–Crippen LogP) is 4.07. The van der Waals surface area contributed by atoms with Crippen molar-refractivity contribution in [2.24, 2.45) is 0 Å². The molecule has 6 heteroatoms. The van der Waals surface area contributed by atoms with E-state index in [-0.39, 0.29) is 17.2 Å². The predicted molar refractivity (Wildman–Crippen MR) is 112 cm³/mol. The van der Waals surface area contributed by atoms with Crippen LogP contribution in [0.5, 0.6) is 0 Å². The number of aryl methyl sites for hydroxylation is 3. The molecule has 0 atom stereocenters. The monoisotopic (exact) mass is 381 g/mol. The van der Waals surface area contributed by atoms with Crippen molar-refractivity contribution in [2.75, 3.05) is 11.1 Å². The molecule has 27 heavy (non-hydrogen) atoms. The quantitative estimate of drug-likeness (QED) is 0.534. The number of rotatable bonds is 5. The van der Waals surface area contributed by atoms with Crippen LogP contribution in [0.15, 0.2) is 46.3 Å². The second-order valence-electron chi connectivity index (χ2n) is 6.57. The Morgan fingerprint density at radius 3 is 2.48 bits per heavy atom. The van der Waals surface area contributed by atoms with E-state index in [1.807, 2.05) is 45.9 Å². The summed E-state index contributed by atoms with van der Waals surface area (Å²) in [6, 6.07) is 11.4. The minimum absolute atomic E-state index is 0.0729. The molecule has 0 saturated heterocycles. The lowest BCUT2D eigenvalue weighted by Crippen LogP contribution is -2.23. The van der Waals surface area contributed by atoms with E-state index in [9.17, 15) is 9.59 Å². The first-order valence-electron chi connectivity index (χ1n) is 8.90. The number of thioether (sulfide) groups is 1. The number of para-hydroxylation sites is 1. The lowest BCUT2D eigenvalue weighted by Gasteiger charge is -2.14. The minimum atomic E-state index is -0.111. The number of hydrogen-bond acceptors (Lipinski definition) is 4. The second-order valence-corrected chi connectivity index (χ2v) is 7.51. The zero-order valence-electron chi connectivity index (χ0n) is 16.0. The Hall–Kier alpha value is -2.60. The summed E-state index contributed by atoms with van der Waals surface area (Å²) < 4.78 is 1.61. The first-order valence-corrected chi connectivity index (χ1v) is 9.89. The molecule has 3 aromatic rings. The number of amides is 1. The summed E-state index contributed by atoms with van der Waals surface area (Å²) in [6.07, 6.45) is 0. The Morgan fingerprint density at radius 1 is 1.15 bits per heavy atom. The van der Waals surface area contributed by atoms with Gasteiger partial charge in [-0.15, -0.1) is 0 Å². The van der Waals surface area contributed by atoms with Gasteiger partial charge in [-0.1, -0.05) is 41.6 Å². The van der Waals surface area contributed by atoms with Gasteiger partial charge in [0, 0.05) is 12.2 Å². The Bertz CT molecular complexity index is 1050. The number of nitrogens with zero attached hydrogens (tertiary/aromatic N) is 2. The number of hydrogen-bond donors (Lipinski definition) is 1. The molecular weight excluding hydrogens is 358 g/mol. The summed E-state index contributed by atoms with van der Waals surface area (Å²) in [4.78, 5) is 29.7. The van der Waals surface area contributed by atoms with Crippen LogP contribution in [0.1, 0.15) is 23.6 Å². The third-order valence-electron chi connectivity index (χ3n) is 4.42. The first-order chi connectivity index (χ1) is 12.9. The van der Waals surface area contributed by atoms with E-state index < -0.39 is 0 Å². The molecule has 0 spiro atoms. The number of anilines is 1. The summed E-state index contributed by atoms with van der Waals surface area (Å²) in [6.45, 7) is 8.43. The highest BCUT2D eigenvalue weighted by Gasteiger charge is 2.13. The molecule has 5 nitrogen and oxygen atoms in total. The van der Waals surface area contributed by atoms with Gasteiger partial charge >= 0.3 is 0 Å². The van der Waals surface area contributed by atoms with E-state index in [4.69, 9.17) is 0 Å². The fourth-order valence-corrected chi connectivity index (χ4v) is 4.08. The van der Waals surface area contributed by atoms with Crippen LogP contribution in [0.4, 0.5) is 5.69 Å². The highest BCUT2D eigenvalue weighted by molar-refractivity contribution is 7.99. The van der Waals surface area contributed by atoms with Gasteiger partial charge in [0.25, 0.3) is 5.56 Å². The lowest BCUT2D eigenvalue weighted by atomic mass is 10.1. The number of carbonyl (C=O) groups excluding carboxylic acids is 1. The molecule has 0 unspecified atom stereocenters. The van der Waals surface area contributed by atoms with Crippen LogP contribution in [0.25, 0.3) is 10.9 Å². The highest BCUT2D eigenvalue weighted by atomic mass is 32.2. The summed E-state index contributed by atoms with van der Waals surface area (Å²) in [5, 5.41) is 4.15. The van der Waals surface area contributed by atoms with E-state index in [2.05, 4.69) is 22.4 Å². The maximum absolute atomic E-state index is 12.6. The molecule has 0 bridgehead atoms. The van der Waals surface area contributed by atoms with Crippen LogP contribution in [0, 0.1) is 20.8 Å². The van der Waals surface area contributed by atoms with Crippen LogP contribution in [0.2, 0.25) is 0 Å². The van der Waals surface area contributed by atoms with Crippen LogP contribution in [0.3, 0.4) is 0 Å². The third-order valence-corrected chi connectivity index (χ3v) is 5.39. The molecule has 1 heterocycles. The van der Waals surface area contributed by atoms with E-state index in [1.165, 1.54) is 17.3 Å². The summed E-state index contributed by atoms with van der Waals surface area (Å²) in [5.74, 6) is 0.0810. The van der Waals surface area contributed by atoms with Crippen molar-refractivity contribution in [3.63, 3.8) is 0 Å². The van der Waals surface area contributed by atoms with E-state index in [1.54, 1.807) is 10.6 Å². The molecule has 2 aromatic carbocycles. The average Bonchev–Trinajstić information content (AvgIpc) is 2.63. The molecular formula is C21H23N3O2S. The maximum Gasteiger partial charge on any atom is 0.262 e. The molecule has 140 valence electrons. The average molecular weight is 382 g/mol. The van der Waals surface area contributed by atoms with Crippen molar-refractivity contribution in [1.82, 2.24) is 9.55 Å². The molecule has 0 aliphatic carbocycles. The smallest absolute Gasteiger partial charge is 0.262 e. The molecule has 1 aromatic heterocycles. The fourth-order valence-electron chi connectivity index (χ4n) is 3.22. The van der Waals surface area contributed by atoms with Crippen molar-refractivity contribution < 1.29 is 4.79 Å². The van der Waals surface area contributed by atoms with Crippen LogP contribution in [-0.2, 0) is 11.3 Å². The topological polar surface area (TPSA) is 64.0 Å². The number of fused-ring (bicyclic) bond motifs is 1. The van der Waals surface area contributed by atoms with Crippen molar-refractivity contribution in [1.29, 1.82) is 0 Å². The zero-order chi connectivity index (χ0) is 19.6. The van der Waals surface area contributed by atoms with Gasteiger partial charge in [-0.2, -0.15) is 0 Å². The van der Waals surface area contributed by atoms with Gasteiger partial charge in [-0.05, 0) is 51.0 Å². The number of carbonyl (C=O) groups is 1. The van der Waals surface area contributed by atoms with Gasteiger partial charge in [0.15, 0.2) is 5.16 Å². The Balaban J connectivity index is 1.81. The van der Waals surface area contributed by atoms with E-state index in [0.29, 0.717) is 22.6 Å². The number of nitrogens with one attached hydrogen (secondary N) is 1. The Morgan fingerprint density at radius 2 is 1.81 bits per heavy atom. The number of aromatic nitrogens is 2. The van der Waals surface area contributed by atoms with Crippen molar-refractivity contribution >= 4 is 34.3 Å². The van der Waals surface area contributed by atoms with Gasteiger partial charge in [0.2, 0.25) is 5.91 Å². The number of benzene rings is 2. The van der Waals surface area contributed by atoms with Gasteiger partial charge in [-0.3, -0.25) is 14.2 Å². The fraction of sp³-hybridized carbons (Fsp3) is 0.286. The van der Waals surface area contributed by atoms with E-state index >= 15 is 0 Å². The maximum atomic E-state index is 12.6. The molecule has 0 saturated carbocycles. The second kappa shape index (κ2) is 7.96. The summed E-state index contributed by atoms with van der Waals surface area (Å²) in [5.41, 5.74) is 4.69. The molecule has 0 fully saturated rings. The Kier molecular flexibility index (Phi) is 5.65. The molecule has 0 aliphatic rings.